The van der Waals surface area contributed by atoms with Gasteiger partial charge in [-0.05, 0) is 31.2 Å². The Morgan fingerprint density at radius 3 is 2.08 bits per heavy atom. The molecule has 0 radical (unpaired) electrons. The Balaban J connectivity index is 1.69. The summed E-state index contributed by atoms with van der Waals surface area (Å²) in [5, 5.41) is 0.445. The van der Waals surface area contributed by atoms with Gasteiger partial charge in [-0.2, -0.15) is 0 Å². The number of halogens is 1. The van der Waals surface area contributed by atoms with Crippen LogP contribution in [0.4, 0.5) is 0 Å². The second-order valence-electron chi connectivity index (χ2n) is 6.27. The highest BCUT2D eigenvalue weighted by Crippen LogP contribution is 2.23. The molecule has 0 atom stereocenters. The van der Waals surface area contributed by atoms with E-state index >= 15 is 0 Å². The van der Waals surface area contributed by atoms with Gasteiger partial charge in [-0.15, -0.1) is 0 Å². The number of nitrogens with zero attached hydrogens (tertiary/aromatic N) is 2. The molecule has 0 spiro atoms. The lowest BCUT2D eigenvalue weighted by Crippen LogP contribution is -2.50. The predicted octanol–water partition coefficient (Wildman–Crippen LogP) is 3.26. The molecule has 136 valence electrons. The summed E-state index contributed by atoms with van der Waals surface area (Å²) in [6.45, 7) is 3.85. The molecule has 1 fully saturated rings. The van der Waals surface area contributed by atoms with Gasteiger partial charge in [-0.1, -0.05) is 35.4 Å². The van der Waals surface area contributed by atoms with E-state index in [-0.39, 0.29) is 11.8 Å². The second-order valence-corrected chi connectivity index (χ2v) is 6.68. The number of aryl methyl sites for hydroxylation is 1. The summed E-state index contributed by atoms with van der Waals surface area (Å²) in [5.74, 6) is 0.390. The van der Waals surface area contributed by atoms with Crippen molar-refractivity contribution in [3.8, 4) is 5.75 Å². The van der Waals surface area contributed by atoms with E-state index in [2.05, 4.69) is 0 Å². The molecule has 0 saturated carbocycles. The number of piperazine rings is 1. The number of rotatable bonds is 3. The fourth-order valence-electron chi connectivity index (χ4n) is 3.08. The summed E-state index contributed by atoms with van der Waals surface area (Å²) in [4.78, 5) is 29.0. The van der Waals surface area contributed by atoms with E-state index in [1.807, 2.05) is 19.1 Å². The van der Waals surface area contributed by atoms with Crippen molar-refractivity contribution < 1.29 is 14.3 Å². The molecule has 0 aromatic heterocycles. The van der Waals surface area contributed by atoms with E-state index in [1.54, 1.807) is 47.2 Å². The first-order valence-electron chi connectivity index (χ1n) is 8.49. The number of hydrogen-bond donors (Lipinski definition) is 0. The molecular weight excluding hydrogens is 352 g/mol. The summed E-state index contributed by atoms with van der Waals surface area (Å²) in [7, 11) is 1.56. The van der Waals surface area contributed by atoms with Gasteiger partial charge in [0.2, 0.25) is 0 Å². The number of methoxy groups -OCH3 is 1. The third-order valence-corrected chi connectivity index (χ3v) is 4.87. The van der Waals surface area contributed by atoms with Crippen LogP contribution in [0.2, 0.25) is 5.02 Å². The topological polar surface area (TPSA) is 49.9 Å². The van der Waals surface area contributed by atoms with Crippen LogP contribution < -0.4 is 4.74 Å². The van der Waals surface area contributed by atoms with Crippen molar-refractivity contribution in [2.45, 2.75) is 6.92 Å². The largest absolute Gasteiger partial charge is 0.496 e. The molecule has 3 rings (SSSR count). The van der Waals surface area contributed by atoms with Gasteiger partial charge in [0.1, 0.15) is 5.75 Å². The summed E-state index contributed by atoms with van der Waals surface area (Å²) >= 11 is 6.12. The molecular formula is C20H21ClN2O3. The number of carbonyl (C=O) groups is 2. The van der Waals surface area contributed by atoms with Gasteiger partial charge in [-0.25, -0.2) is 0 Å². The average Bonchev–Trinajstić information content (AvgIpc) is 2.67. The van der Waals surface area contributed by atoms with Crippen LogP contribution in [0.3, 0.4) is 0 Å². The molecule has 5 nitrogen and oxygen atoms in total. The molecule has 2 amide bonds. The van der Waals surface area contributed by atoms with Crippen molar-refractivity contribution in [2.24, 2.45) is 0 Å². The molecule has 1 saturated heterocycles. The number of benzene rings is 2. The molecule has 0 N–H and O–H groups in total. The number of ether oxygens (including phenoxy) is 1. The Hall–Kier alpha value is -2.53. The summed E-state index contributed by atoms with van der Waals surface area (Å²) in [6.07, 6.45) is 0. The highest BCUT2D eigenvalue weighted by atomic mass is 35.5. The lowest BCUT2D eigenvalue weighted by Gasteiger charge is -2.35. The highest BCUT2D eigenvalue weighted by Gasteiger charge is 2.27. The smallest absolute Gasteiger partial charge is 0.257 e. The SMILES string of the molecule is COc1ccc(C)cc1C(=O)N1CCN(C(=O)c2ccccc2Cl)CC1. The van der Waals surface area contributed by atoms with E-state index in [0.717, 1.165) is 5.56 Å². The molecule has 1 aliphatic heterocycles. The van der Waals surface area contributed by atoms with E-state index < -0.39 is 0 Å². The summed E-state index contributed by atoms with van der Waals surface area (Å²) in [6, 6.07) is 12.6. The fraction of sp³-hybridized carbons (Fsp3) is 0.300. The van der Waals surface area contributed by atoms with Gasteiger partial charge >= 0.3 is 0 Å². The van der Waals surface area contributed by atoms with Crippen LogP contribution in [-0.4, -0.2) is 54.9 Å². The quantitative estimate of drug-likeness (QED) is 0.831. The Labute approximate surface area is 158 Å². The Bertz CT molecular complexity index is 830. The van der Waals surface area contributed by atoms with Gasteiger partial charge in [0, 0.05) is 26.2 Å². The standard InChI is InChI=1S/C20H21ClN2O3/c1-14-7-8-18(26-2)16(13-14)20(25)23-11-9-22(10-12-23)19(24)15-5-3-4-6-17(15)21/h3-8,13H,9-12H2,1-2H3. The zero-order chi connectivity index (χ0) is 18.7. The van der Waals surface area contributed by atoms with Gasteiger partial charge in [0.15, 0.2) is 0 Å². The third-order valence-electron chi connectivity index (χ3n) is 4.54. The molecule has 1 heterocycles. The number of carbonyl (C=O) groups excluding carboxylic acids is 2. The van der Waals surface area contributed by atoms with Crippen molar-refractivity contribution in [1.29, 1.82) is 0 Å². The van der Waals surface area contributed by atoms with Crippen LogP contribution in [0.5, 0.6) is 5.75 Å². The Kier molecular flexibility index (Phi) is 5.47. The van der Waals surface area contributed by atoms with E-state index in [4.69, 9.17) is 16.3 Å². The van der Waals surface area contributed by atoms with Crippen LogP contribution in [-0.2, 0) is 0 Å². The number of hydrogen-bond acceptors (Lipinski definition) is 3. The zero-order valence-electron chi connectivity index (χ0n) is 14.9. The van der Waals surface area contributed by atoms with Gasteiger partial charge in [-0.3, -0.25) is 9.59 Å². The fourth-order valence-corrected chi connectivity index (χ4v) is 3.29. The maximum atomic E-state index is 12.9. The van der Waals surface area contributed by atoms with E-state index in [0.29, 0.717) is 48.1 Å². The minimum atomic E-state index is -0.101. The van der Waals surface area contributed by atoms with Gasteiger partial charge < -0.3 is 14.5 Å². The maximum Gasteiger partial charge on any atom is 0.257 e. The predicted molar refractivity (Wildman–Crippen MR) is 101 cm³/mol. The maximum absolute atomic E-state index is 12.9. The van der Waals surface area contributed by atoms with Crippen molar-refractivity contribution in [3.05, 3.63) is 64.2 Å². The molecule has 26 heavy (non-hydrogen) atoms. The van der Waals surface area contributed by atoms with Crippen molar-refractivity contribution in [1.82, 2.24) is 9.80 Å². The molecule has 6 heteroatoms. The summed E-state index contributed by atoms with van der Waals surface area (Å²) < 4.78 is 5.32. The number of amides is 2. The van der Waals surface area contributed by atoms with Crippen molar-refractivity contribution >= 4 is 23.4 Å². The normalized spacial score (nSPS) is 14.3. The lowest BCUT2D eigenvalue weighted by molar-refractivity contribution is 0.0533. The van der Waals surface area contributed by atoms with Crippen LogP contribution in [0, 0.1) is 6.92 Å². The average molecular weight is 373 g/mol. The molecule has 2 aromatic carbocycles. The lowest BCUT2D eigenvalue weighted by atomic mass is 10.1. The molecule has 0 aliphatic carbocycles. The minimum absolute atomic E-state index is 0.0737. The molecule has 1 aliphatic rings. The van der Waals surface area contributed by atoms with Gasteiger partial charge in [0.25, 0.3) is 11.8 Å². The van der Waals surface area contributed by atoms with Crippen molar-refractivity contribution in [3.63, 3.8) is 0 Å². The third kappa shape index (κ3) is 3.68. The molecule has 2 aromatic rings. The van der Waals surface area contributed by atoms with Crippen LogP contribution in [0.25, 0.3) is 0 Å². The Morgan fingerprint density at radius 2 is 1.50 bits per heavy atom. The first-order valence-corrected chi connectivity index (χ1v) is 8.87. The minimum Gasteiger partial charge on any atom is -0.496 e. The van der Waals surface area contributed by atoms with E-state index in [9.17, 15) is 9.59 Å². The van der Waals surface area contributed by atoms with E-state index in [1.165, 1.54) is 0 Å². The van der Waals surface area contributed by atoms with Crippen molar-refractivity contribution in [2.75, 3.05) is 33.3 Å². The van der Waals surface area contributed by atoms with Crippen LogP contribution in [0.15, 0.2) is 42.5 Å². The highest BCUT2D eigenvalue weighted by molar-refractivity contribution is 6.33. The first kappa shape index (κ1) is 18.3. The van der Waals surface area contributed by atoms with Crippen LogP contribution in [0.1, 0.15) is 26.3 Å². The zero-order valence-corrected chi connectivity index (χ0v) is 15.6. The summed E-state index contributed by atoms with van der Waals surface area (Å²) in [5.41, 5.74) is 2.05. The molecule has 0 unspecified atom stereocenters. The van der Waals surface area contributed by atoms with Crippen LogP contribution >= 0.6 is 11.6 Å². The molecule has 0 bridgehead atoms. The first-order chi connectivity index (χ1) is 12.5. The monoisotopic (exact) mass is 372 g/mol. The second kappa shape index (κ2) is 7.79. The van der Waals surface area contributed by atoms with Gasteiger partial charge in [0.05, 0.1) is 23.3 Å². The Morgan fingerprint density at radius 1 is 0.923 bits per heavy atom.